The van der Waals surface area contributed by atoms with E-state index in [4.69, 9.17) is 0 Å². The van der Waals surface area contributed by atoms with Gasteiger partial charge in [0, 0.05) is 24.9 Å². The van der Waals surface area contributed by atoms with Gasteiger partial charge >= 0.3 is 0 Å². The van der Waals surface area contributed by atoms with Crippen molar-refractivity contribution < 1.29 is 14.4 Å². The molecule has 33 heavy (non-hydrogen) atoms. The average molecular weight is 439 g/mol. The van der Waals surface area contributed by atoms with Crippen LogP contribution in [0, 0.1) is 6.92 Å². The molecule has 0 aromatic heterocycles. The van der Waals surface area contributed by atoms with E-state index in [1.807, 2.05) is 24.0 Å². The molecule has 1 aliphatic heterocycles. The van der Waals surface area contributed by atoms with Crippen LogP contribution < -0.4 is 4.90 Å². The SMILES string of the molecule is Cc1ccc(CN(C(=O)c2cccc(N3C(=O)CCC3=O)c2)C2CCc3ccccc32)cc1. The van der Waals surface area contributed by atoms with E-state index in [2.05, 4.69) is 36.4 Å². The number of amides is 3. The zero-order valence-electron chi connectivity index (χ0n) is 18.7. The molecule has 166 valence electrons. The molecule has 0 bridgehead atoms. The van der Waals surface area contributed by atoms with E-state index in [1.165, 1.54) is 21.6 Å². The molecular formula is C28H26N2O3. The molecule has 5 rings (SSSR count). The number of carbonyl (C=O) groups excluding carboxylic acids is 3. The van der Waals surface area contributed by atoms with Gasteiger partial charge in [0.1, 0.15) is 0 Å². The van der Waals surface area contributed by atoms with Crippen LogP contribution in [-0.2, 0) is 22.6 Å². The molecule has 1 aliphatic carbocycles. The summed E-state index contributed by atoms with van der Waals surface area (Å²) in [5.41, 5.74) is 5.67. The molecule has 1 unspecified atom stereocenters. The molecule has 3 amide bonds. The van der Waals surface area contributed by atoms with Gasteiger partial charge in [0.15, 0.2) is 0 Å². The van der Waals surface area contributed by atoms with Crippen LogP contribution in [0.25, 0.3) is 0 Å². The van der Waals surface area contributed by atoms with Crippen LogP contribution in [0.5, 0.6) is 0 Å². The van der Waals surface area contributed by atoms with Crippen molar-refractivity contribution in [3.05, 3.63) is 101 Å². The molecular weight excluding hydrogens is 412 g/mol. The highest BCUT2D eigenvalue weighted by atomic mass is 16.2. The van der Waals surface area contributed by atoms with E-state index in [-0.39, 0.29) is 36.6 Å². The van der Waals surface area contributed by atoms with Crippen molar-refractivity contribution in [2.45, 2.75) is 45.2 Å². The van der Waals surface area contributed by atoms with Crippen LogP contribution >= 0.6 is 0 Å². The first kappa shape index (κ1) is 21.1. The van der Waals surface area contributed by atoms with Crippen LogP contribution in [0.15, 0.2) is 72.8 Å². The van der Waals surface area contributed by atoms with Crippen molar-refractivity contribution in [1.82, 2.24) is 4.90 Å². The normalized spacial score (nSPS) is 17.4. The number of hydrogen-bond donors (Lipinski definition) is 0. The van der Waals surface area contributed by atoms with Gasteiger partial charge in [-0.1, -0.05) is 60.2 Å². The van der Waals surface area contributed by atoms with Crippen molar-refractivity contribution in [3.63, 3.8) is 0 Å². The fraction of sp³-hybridized carbons (Fsp3) is 0.250. The zero-order chi connectivity index (χ0) is 22.9. The van der Waals surface area contributed by atoms with Crippen molar-refractivity contribution >= 4 is 23.4 Å². The average Bonchev–Trinajstić information content (AvgIpc) is 3.41. The lowest BCUT2D eigenvalue weighted by Crippen LogP contribution is -2.34. The summed E-state index contributed by atoms with van der Waals surface area (Å²) < 4.78 is 0. The Labute approximate surface area is 193 Å². The third kappa shape index (κ3) is 4.07. The summed E-state index contributed by atoms with van der Waals surface area (Å²) in [6, 6.07) is 23.4. The Morgan fingerprint density at radius 3 is 2.39 bits per heavy atom. The summed E-state index contributed by atoms with van der Waals surface area (Å²) >= 11 is 0. The fourth-order valence-corrected chi connectivity index (χ4v) is 4.88. The van der Waals surface area contributed by atoms with E-state index in [0.29, 0.717) is 17.8 Å². The minimum atomic E-state index is -0.217. The van der Waals surface area contributed by atoms with Crippen molar-refractivity contribution in [2.75, 3.05) is 4.90 Å². The topological polar surface area (TPSA) is 57.7 Å². The van der Waals surface area contributed by atoms with Gasteiger partial charge in [-0.15, -0.1) is 0 Å². The number of fused-ring (bicyclic) bond motifs is 1. The Bertz CT molecular complexity index is 1220. The number of benzene rings is 3. The van der Waals surface area contributed by atoms with Crippen LogP contribution in [0.1, 0.15) is 57.9 Å². The molecule has 2 aliphatic rings. The number of hydrogen-bond acceptors (Lipinski definition) is 3. The van der Waals surface area contributed by atoms with Gasteiger partial charge in [0.2, 0.25) is 11.8 Å². The van der Waals surface area contributed by atoms with Crippen molar-refractivity contribution in [1.29, 1.82) is 0 Å². The molecule has 0 radical (unpaired) electrons. The molecule has 3 aromatic carbocycles. The Balaban J connectivity index is 1.51. The monoisotopic (exact) mass is 438 g/mol. The summed E-state index contributed by atoms with van der Waals surface area (Å²) in [6.45, 7) is 2.54. The molecule has 1 atom stereocenters. The second-order valence-electron chi connectivity index (χ2n) is 8.85. The first-order valence-electron chi connectivity index (χ1n) is 11.4. The Kier molecular flexibility index (Phi) is 5.55. The third-order valence-electron chi connectivity index (χ3n) is 6.61. The quantitative estimate of drug-likeness (QED) is 0.528. The third-order valence-corrected chi connectivity index (χ3v) is 6.61. The van der Waals surface area contributed by atoms with Crippen LogP contribution in [0.2, 0.25) is 0 Å². The summed E-state index contributed by atoms with van der Waals surface area (Å²) in [7, 11) is 0. The van der Waals surface area contributed by atoms with Gasteiger partial charge in [-0.25, -0.2) is 0 Å². The van der Waals surface area contributed by atoms with E-state index in [0.717, 1.165) is 18.4 Å². The highest BCUT2D eigenvalue weighted by Crippen LogP contribution is 2.37. The minimum absolute atomic E-state index is 0.0197. The van der Waals surface area contributed by atoms with E-state index < -0.39 is 0 Å². The molecule has 1 heterocycles. The summed E-state index contributed by atoms with van der Waals surface area (Å²) in [5.74, 6) is -0.533. The zero-order valence-corrected chi connectivity index (χ0v) is 18.7. The largest absolute Gasteiger partial charge is 0.327 e. The minimum Gasteiger partial charge on any atom is -0.327 e. The maximum atomic E-state index is 13.9. The van der Waals surface area contributed by atoms with Gasteiger partial charge in [0.25, 0.3) is 5.91 Å². The number of aryl methyl sites for hydroxylation is 2. The first-order chi connectivity index (χ1) is 16.0. The van der Waals surface area contributed by atoms with E-state index in [9.17, 15) is 14.4 Å². The van der Waals surface area contributed by atoms with Crippen LogP contribution in [-0.4, -0.2) is 22.6 Å². The van der Waals surface area contributed by atoms with E-state index >= 15 is 0 Å². The lowest BCUT2D eigenvalue weighted by atomic mass is 10.0. The lowest BCUT2D eigenvalue weighted by molar-refractivity contribution is -0.121. The standard InChI is InChI=1S/C28H26N2O3/c1-19-9-11-20(12-10-19)18-29(25-14-13-21-5-2-3-8-24(21)25)28(33)22-6-4-7-23(17-22)30-26(31)15-16-27(30)32/h2-12,17,25H,13-16,18H2,1H3. The van der Waals surface area contributed by atoms with Crippen molar-refractivity contribution in [2.24, 2.45) is 0 Å². The molecule has 3 aromatic rings. The predicted molar refractivity (Wildman–Crippen MR) is 127 cm³/mol. The van der Waals surface area contributed by atoms with Gasteiger partial charge < -0.3 is 4.90 Å². The van der Waals surface area contributed by atoms with Gasteiger partial charge in [-0.05, 0) is 54.7 Å². The molecule has 1 fully saturated rings. The lowest BCUT2D eigenvalue weighted by Gasteiger charge is -2.30. The molecule has 5 nitrogen and oxygen atoms in total. The highest BCUT2D eigenvalue weighted by Gasteiger charge is 2.33. The fourth-order valence-electron chi connectivity index (χ4n) is 4.88. The molecule has 0 saturated carbocycles. The molecule has 0 spiro atoms. The summed E-state index contributed by atoms with van der Waals surface area (Å²) in [5, 5.41) is 0. The highest BCUT2D eigenvalue weighted by molar-refractivity contribution is 6.20. The number of carbonyl (C=O) groups is 3. The Morgan fingerprint density at radius 1 is 0.909 bits per heavy atom. The summed E-state index contributed by atoms with van der Waals surface area (Å²) in [6.07, 6.45) is 2.25. The second kappa shape index (κ2) is 8.66. The second-order valence-corrected chi connectivity index (χ2v) is 8.85. The Morgan fingerprint density at radius 2 is 1.64 bits per heavy atom. The van der Waals surface area contributed by atoms with Gasteiger partial charge in [0.05, 0.1) is 11.7 Å². The van der Waals surface area contributed by atoms with Crippen LogP contribution in [0.4, 0.5) is 5.69 Å². The smallest absolute Gasteiger partial charge is 0.254 e. The van der Waals surface area contributed by atoms with Crippen LogP contribution in [0.3, 0.4) is 0 Å². The maximum Gasteiger partial charge on any atom is 0.254 e. The van der Waals surface area contributed by atoms with Gasteiger partial charge in [-0.3, -0.25) is 19.3 Å². The van der Waals surface area contributed by atoms with Crippen molar-refractivity contribution in [3.8, 4) is 0 Å². The number of imide groups is 1. The van der Waals surface area contributed by atoms with E-state index in [1.54, 1.807) is 24.3 Å². The van der Waals surface area contributed by atoms with Gasteiger partial charge in [-0.2, -0.15) is 0 Å². The predicted octanol–water partition coefficient (Wildman–Crippen LogP) is 4.98. The number of nitrogens with zero attached hydrogens (tertiary/aromatic N) is 2. The molecule has 0 N–H and O–H groups in total. The maximum absolute atomic E-state index is 13.9. The Hall–Kier alpha value is -3.73. The first-order valence-corrected chi connectivity index (χ1v) is 11.4. The summed E-state index contributed by atoms with van der Waals surface area (Å²) in [4.78, 5) is 41.5. The molecule has 5 heteroatoms. The number of rotatable bonds is 5. The molecule has 1 saturated heterocycles. The number of anilines is 1.